The number of phenols is 1. The number of benzene rings is 1. The predicted molar refractivity (Wildman–Crippen MR) is 75.3 cm³/mol. The molecule has 106 valence electrons. The Hall–Kier alpha value is -2.43. The van der Waals surface area contributed by atoms with Crippen molar-refractivity contribution in [1.82, 2.24) is 5.01 Å². The van der Waals surface area contributed by atoms with Gasteiger partial charge in [-0.1, -0.05) is 24.3 Å². The number of nitrogens with zero attached hydrogens (tertiary/aromatic N) is 2. The summed E-state index contributed by atoms with van der Waals surface area (Å²) in [6.07, 6.45) is 6.37. The molecule has 0 spiro atoms. The molecule has 1 heterocycles. The third-order valence-electron chi connectivity index (χ3n) is 4.70. The van der Waals surface area contributed by atoms with Crippen LogP contribution >= 0.6 is 0 Å². The molecule has 1 saturated heterocycles. The molecule has 2 bridgehead atoms. The highest BCUT2D eigenvalue weighted by Crippen LogP contribution is 2.52. The van der Waals surface area contributed by atoms with E-state index in [1.165, 1.54) is 12.3 Å². The first kappa shape index (κ1) is 12.3. The van der Waals surface area contributed by atoms with Gasteiger partial charge in [0.2, 0.25) is 0 Å². The number of rotatable bonds is 2. The summed E-state index contributed by atoms with van der Waals surface area (Å²) >= 11 is 0. The third kappa shape index (κ3) is 1.67. The third-order valence-corrected chi connectivity index (χ3v) is 4.70. The maximum Gasteiger partial charge on any atom is 0.254 e. The van der Waals surface area contributed by atoms with Gasteiger partial charge in [-0.15, -0.1) is 0 Å². The number of hydrazone groups is 1. The van der Waals surface area contributed by atoms with Crippen LogP contribution in [0.5, 0.6) is 5.75 Å². The number of amides is 2. The molecule has 1 aromatic rings. The van der Waals surface area contributed by atoms with E-state index >= 15 is 0 Å². The monoisotopic (exact) mass is 282 g/mol. The van der Waals surface area contributed by atoms with Gasteiger partial charge < -0.3 is 5.11 Å². The quantitative estimate of drug-likeness (QED) is 0.508. The van der Waals surface area contributed by atoms with Gasteiger partial charge in [0.15, 0.2) is 0 Å². The number of fused-ring (bicyclic) bond motifs is 5. The molecule has 2 fully saturated rings. The summed E-state index contributed by atoms with van der Waals surface area (Å²) in [7, 11) is 0. The van der Waals surface area contributed by atoms with E-state index in [0.29, 0.717) is 5.56 Å². The lowest BCUT2D eigenvalue weighted by Gasteiger charge is -2.13. The summed E-state index contributed by atoms with van der Waals surface area (Å²) in [5, 5.41) is 14.7. The molecule has 1 saturated carbocycles. The standard InChI is InChI=1S/C16H14N2O3/c19-12-4-2-1-3-11(12)8-17-18-15(20)13-9-5-6-10(7-9)14(13)16(18)21/h1-6,8-10,13-14,19H,7H2/b17-8-. The van der Waals surface area contributed by atoms with Gasteiger partial charge in [0.1, 0.15) is 5.75 Å². The number of imide groups is 1. The number of allylic oxidation sites excluding steroid dienone is 2. The fraction of sp³-hybridized carbons (Fsp3) is 0.312. The van der Waals surface area contributed by atoms with Gasteiger partial charge in [-0.05, 0) is 30.4 Å². The Kier molecular flexibility index (Phi) is 2.51. The maximum atomic E-state index is 12.4. The SMILES string of the molecule is O=C1C2C3C=CC(C3)C2C(=O)N1/N=C\c1ccccc1O. The van der Waals surface area contributed by atoms with Crippen molar-refractivity contribution in [3.05, 3.63) is 42.0 Å². The van der Waals surface area contributed by atoms with Gasteiger partial charge >= 0.3 is 0 Å². The zero-order chi connectivity index (χ0) is 14.6. The van der Waals surface area contributed by atoms with Gasteiger partial charge in [-0.3, -0.25) is 9.59 Å². The minimum atomic E-state index is -0.242. The highest BCUT2D eigenvalue weighted by Gasteiger charge is 2.59. The van der Waals surface area contributed by atoms with E-state index in [1.807, 2.05) is 12.2 Å². The van der Waals surface area contributed by atoms with E-state index in [-0.39, 0.29) is 41.2 Å². The lowest BCUT2D eigenvalue weighted by molar-refractivity contribution is -0.140. The predicted octanol–water partition coefficient (Wildman–Crippen LogP) is 1.53. The zero-order valence-corrected chi connectivity index (χ0v) is 11.2. The van der Waals surface area contributed by atoms with Crippen molar-refractivity contribution in [1.29, 1.82) is 0 Å². The van der Waals surface area contributed by atoms with Gasteiger partial charge in [0, 0.05) is 5.56 Å². The number of phenolic OH excluding ortho intramolecular Hbond substituents is 1. The molecule has 5 nitrogen and oxygen atoms in total. The van der Waals surface area contributed by atoms with Crippen molar-refractivity contribution in [3.63, 3.8) is 0 Å². The van der Waals surface area contributed by atoms with E-state index in [4.69, 9.17) is 0 Å². The Labute approximate surface area is 121 Å². The van der Waals surface area contributed by atoms with Crippen LogP contribution in [0.3, 0.4) is 0 Å². The lowest BCUT2D eigenvalue weighted by atomic mass is 9.85. The van der Waals surface area contributed by atoms with E-state index in [9.17, 15) is 14.7 Å². The van der Waals surface area contributed by atoms with Crippen LogP contribution in [0.25, 0.3) is 0 Å². The molecular weight excluding hydrogens is 268 g/mol. The summed E-state index contributed by atoms with van der Waals surface area (Å²) in [6, 6.07) is 6.67. The van der Waals surface area contributed by atoms with E-state index < -0.39 is 0 Å². The average molecular weight is 282 g/mol. The van der Waals surface area contributed by atoms with Crippen molar-refractivity contribution in [2.24, 2.45) is 28.8 Å². The van der Waals surface area contributed by atoms with Crippen molar-refractivity contribution in [2.45, 2.75) is 6.42 Å². The number of carbonyl (C=O) groups excluding carboxylic acids is 2. The molecule has 1 aromatic carbocycles. The second-order valence-corrected chi connectivity index (χ2v) is 5.79. The van der Waals surface area contributed by atoms with Crippen molar-refractivity contribution in [3.8, 4) is 5.75 Å². The first-order chi connectivity index (χ1) is 10.2. The van der Waals surface area contributed by atoms with Crippen LogP contribution in [0, 0.1) is 23.7 Å². The number of hydrogen-bond acceptors (Lipinski definition) is 4. The molecule has 4 atom stereocenters. The Morgan fingerprint density at radius 3 is 2.33 bits per heavy atom. The molecule has 2 amide bonds. The summed E-state index contributed by atoms with van der Waals surface area (Å²) in [4.78, 5) is 24.8. The Balaban J connectivity index is 1.62. The smallest absolute Gasteiger partial charge is 0.254 e. The molecule has 0 radical (unpaired) electrons. The number of carbonyl (C=O) groups is 2. The van der Waals surface area contributed by atoms with E-state index in [1.54, 1.807) is 18.2 Å². The van der Waals surface area contributed by atoms with Crippen LogP contribution in [-0.2, 0) is 9.59 Å². The molecule has 2 aliphatic carbocycles. The second-order valence-electron chi connectivity index (χ2n) is 5.79. The molecule has 4 rings (SSSR count). The molecule has 3 aliphatic rings. The van der Waals surface area contributed by atoms with Crippen molar-refractivity contribution < 1.29 is 14.7 Å². The Morgan fingerprint density at radius 2 is 1.71 bits per heavy atom. The Bertz CT molecular complexity index is 665. The van der Waals surface area contributed by atoms with Crippen LogP contribution in [0.15, 0.2) is 41.5 Å². The summed E-state index contributed by atoms with van der Waals surface area (Å²) in [6.45, 7) is 0. The fourth-order valence-electron chi connectivity index (χ4n) is 3.72. The van der Waals surface area contributed by atoms with Crippen LogP contribution in [0.4, 0.5) is 0 Å². The van der Waals surface area contributed by atoms with Crippen LogP contribution in [0.1, 0.15) is 12.0 Å². The van der Waals surface area contributed by atoms with Gasteiger partial charge in [-0.25, -0.2) is 0 Å². The van der Waals surface area contributed by atoms with Gasteiger partial charge in [0.05, 0.1) is 18.1 Å². The molecule has 1 N–H and O–H groups in total. The first-order valence-corrected chi connectivity index (χ1v) is 7.05. The first-order valence-electron chi connectivity index (χ1n) is 7.05. The normalized spacial score (nSPS) is 33.4. The largest absolute Gasteiger partial charge is 0.507 e. The van der Waals surface area contributed by atoms with Crippen molar-refractivity contribution >= 4 is 18.0 Å². The molecule has 21 heavy (non-hydrogen) atoms. The molecular formula is C16H14N2O3. The van der Waals surface area contributed by atoms with Crippen LogP contribution in [-0.4, -0.2) is 28.1 Å². The second kappa shape index (κ2) is 4.28. The van der Waals surface area contributed by atoms with Crippen LogP contribution < -0.4 is 0 Å². The number of hydrogen-bond donors (Lipinski definition) is 1. The lowest BCUT2D eigenvalue weighted by Crippen LogP contribution is -2.28. The summed E-state index contributed by atoms with van der Waals surface area (Å²) in [5.41, 5.74) is 0.483. The fourth-order valence-corrected chi connectivity index (χ4v) is 3.72. The van der Waals surface area contributed by atoms with Gasteiger partial charge in [0.25, 0.3) is 11.8 Å². The summed E-state index contributed by atoms with van der Waals surface area (Å²) in [5.74, 6) is -0.476. The minimum Gasteiger partial charge on any atom is -0.507 e. The highest BCUT2D eigenvalue weighted by molar-refractivity contribution is 6.06. The molecule has 5 heteroatoms. The zero-order valence-electron chi connectivity index (χ0n) is 11.2. The number of para-hydroxylation sites is 1. The van der Waals surface area contributed by atoms with Gasteiger partial charge in [-0.2, -0.15) is 10.1 Å². The highest BCUT2D eigenvalue weighted by atomic mass is 16.3. The summed E-state index contributed by atoms with van der Waals surface area (Å²) < 4.78 is 0. The Morgan fingerprint density at radius 1 is 1.10 bits per heavy atom. The molecule has 4 unspecified atom stereocenters. The average Bonchev–Trinajstić information content (AvgIpc) is 3.14. The maximum absolute atomic E-state index is 12.4. The van der Waals surface area contributed by atoms with Crippen LogP contribution in [0.2, 0.25) is 0 Å². The van der Waals surface area contributed by atoms with E-state index in [2.05, 4.69) is 5.10 Å². The van der Waals surface area contributed by atoms with E-state index in [0.717, 1.165) is 11.4 Å². The topological polar surface area (TPSA) is 70.0 Å². The molecule has 0 aromatic heterocycles. The molecule has 1 aliphatic heterocycles. The minimum absolute atomic E-state index is 0.0716. The van der Waals surface area contributed by atoms with Crippen molar-refractivity contribution in [2.75, 3.05) is 0 Å². The number of aromatic hydroxyl groups is 1.